The normalized spacial score (nSPS) is 11.0. The summed E-state index contributed by atoms with van der Waals surface area (Å²) < 4.78 is 27.2. The van der Waals surface area contributed by atoms with Crippen LogP contribution in [-0.2, 0) is 10.0 Å². The first-order valence-corrected chi connectivity index (χ1v) is 9.34. The van der Waals surface area contributed by atoms with Gasteiger partial charge in [-0.25, -0.2) is 13.4 Å². The lowest BCUT2D eigenvalue weighted by Gasteiger charge is -2.10. The van der Waals surface area contributed by atoms with Gasteiger partial charge >= 0.3 is 0 Å². The number of rotatable bonds is 5. The first-order chi connectivity index (χ1) is 12.4. The molecule has 0 saturated carbocycles. The van der Waals surface area contributed by atoms with Gasteiger partial charge in [0.25, 0.3) is 15.9 Å². The van der Waals surface area contributed by atoms with Crippen LogP contribution in [0, 0.1) is 6.92 Å². The minimum Gasteiger partial charge on any atom is -0.307 e. The Morgan fingerprint density at radius 3 is 2.42 bits per heavy atom. The van der Waals surface area contributed by atoms with Crippen LogP contribution >= 0.6 is 0 Å². The van der Waals surface area contributed by atoms with Gasteiger partial charge in [0.15, 0.2) is 0 Å². The largest absolute Gasteiger partial charge is 0.307 e. The second-order valence-electron chi connectivity index (χ2n) is 5.67. The first-order valence-electron chi connectivity index (χ1n) is 7.86. The maximum atomic E-state index is 12.4. The van der Waals surface area contributed by atoms with E-state index in [9.17, 15) is 13.2 Å². The molecule has 3 aromatic rings. The summed E-state index contributed by atoms with van der Waals surface area (Å²) >= 11 is 0. The topological polar surface area (TPSA) is 88.2 Å². The fourth-order valence-electron chi connectivity index (χ4n) is 2.27. The van der Waals surface area contributed by atoms with Crippen LogP contribution in [0.3, 0.4) is 0 Å². The van der Waals surface area contributed by atoms with Crippen molar-refractivity contribution in [3.63, 3.8) is 0 Å². The predicted octanol–water partition coefficient (Wildman–Crippen LogP) is 3.44. The molecule has 0 aliphatic carbocycles. The van der Waals surface area contributed by atoms with E-state index in [0.717, 1.165) is 5.56 Å². The van der Waals surface area contributed by atoms with Crippen molar-refractivity contribution in [2.24, 2.45) is 0 Å². The summed E-state index contributed by atoms with van der Waals surface area (Å²) in [7, 11) is -3.71. The zero-order chi connectivity index (χ0) is 18.6. The third kappa shape index (κ3) is 4.25. The zero-order valence-electron chi connectivity index (χ0n) is 14.0. The van der Waals surface area contributed by atoms with E-state index >= 15 is 0 Å². The smallest absolute Gasteiger partial charge is 0.261 e. The summed E-state index contributed by atoms with van der Waals surface area (Å²) in [5.74, 6) is 0.0537. The number of sulfonamides is 1. The molecule has 0 aliphatic rings. The monoisotopic (exact) mass is 367 g/mol. The number of aryl methyl sites for hydroxylation is 1. The highest BCUT2D eigenvalue weighted by atomic mass is 32.2. The van der Waals surface area contributed by atoms with E-state index in [1.54, 1.807) is 48.7 Å². The van der Waals surface area contributed by atoms with Crippen LogP contribution in [0.4, 0.5) is 11.5 Å². The molecule has 2 aromatic carbocycles. The van der Waals surface area contributed by atoms with Gasteiger partial charge in [-0.1, -0.05) is 30.3 Å². The van der Waals surface area contributed by atoms with Crippen LogP contribution in [0.2, 0.25) is 0 Å². The average molecular weight is 367 g/mol. The van der Waals surface area contributed by atoms with Gasteiger partial charge in [-0.2, -0.15) is 0 Å². The van der Waals surface area contributed by atoms with Crippen LogP contribution < -0.4 is 10.0 Å². The summed E-state index contributed by atoms with van der Waals surface area (Å²) in [6.07, 6.45) is 1.65. The molecule has 0 unspecified atom stereocenters. The molecule has 7 heteroatoms. The number of amides is 1. The Kier molecular flexibility index (Phi) is 4.99. The quantitative estimate of drug-likeness (QED) is 0.723. The number of nitrogens with zero attached hydrogens (tertiary/aromatic N) is 1. The summed E-state index contributed by atoms with van der Waals surface area (Å²) in [6.45, 7) is 1.90. The third-order valence-corrected chi connectivity index (χ3v) is 4.98. The van der Waals surface area contributed by atoms with Crippen LogP contribution in [0.5, 0.6) is 0 Å². The van der Waals surface area contributed by atoms with E-state index in [-0.39, 0.29) is 10.8 Å². The number of hydrogen-bond acceptors (Lipinski definition) is 4. The van der Waals surface area contributed by atoms with Crippen molar-refractivity contribution >= 4 is 27.4 Å². The first kappa shape index (κ1) is 17.6. The molecular weight excluding hydrogens is 350 g/mol. The third-order valence-electron chi connectivity index (χ3n) is 3.58. The van der Waals surface area contributed by atoms with Crippen LogP contribution in [0.1, 0.15) is 15.9 Å². The Balaban J connectivity index is 1.77. The van der Waals surface area contributed by atoms with E-state index < -0.39 is 10.0 Å². The molecule has 6 nitrogen and oxygen atoms in total. The Morgan fingerprint density at radius 1 is 0.962 bits per heavy atom. The molecule has 26 heavy (non-hydrogen) atoms. The number of aromatic nitrogens is 1. The van der Waals surface area contributed by atoms with Crippen molar-refractivity contribution in [3.8, 4) is 0 Å². The number of pyridine rings is 1. The fourth-order valence-corrected chi connectivity index (χ4v) is 3.34. The molecule has 0 radical (unpaired) electrons. The molecule has 0 spiro atoms. The number of anilines is 2. The fraction of sp³-hybridized carbons (Fsp3) is 0.0526. The molecule has 132 valence electrons. The van der Waals surface area contributed by atoms with Crippen molar-refractivity contribution in [1.82, 2.24) is 4.98 Å². The van der Waals surface area contributed by atoms with Crippen molar-refractivity contribution in [2.45, 2.75) is 11.8 Å². The Bertz CT molecular complexity index is 1020. The molecule has 0 atom stereocenters. The maximum Gasteiger partial charge on any atom is 0.261 e. The molecule has 1 heterocycles. The van der Waals surface area contributed by atoms with E-state index in [1.807, 2.05) is 13.0 Å². The lowest BCUT2D eigenvalue weighted by atomic mass is 10.2. The second-order valence-corrected chi connectivity index (χ2v) is 7.36. The predicted molar refractivity (Wildman–Crippen MR) is 101 cm³/mol. The van der Waals surface area contributed by atoms with E-state index in [1.165, 1.54) is 18.2 Å². The van der Waals surface area contributed by atoms with Crippen molar-refractivity contribution in [2.75, 3.05) is 10.0 Å². The summed E-state index contributed by atoms with van der Waals surface area (Å²) in [5, 5.41) is 2.68. The summed E-state index contributed by atoms with van der Waals surface area (Å²) in [4.78, 5) is 16.6. The number of benzene rings is 2. The molecule has 0 saturated heterocycles. The summed E-state index contributed by atoms with van der Waals surface area (Å²) in [6, 6.07) is 17.9. The SMILES string of the molecule is Cc1ccc(NC(=O)c2cccc(NS(=O)(=O)c3ccccc3)c2)nc1. The molecule has 0 bridgehead atoms. The minimum absolute atomic E-state index is 0.152. The molecule has 1 amide bonds. The van der Waals surface area contributed by atoms with Crippen LogP contribution in [0.15, 0.2) is 77.8 Å². The van der Waals surface area contributed by atoms with Gasteiger partial charge in [0.2, 0.25) is 0 Å². The molecule has 2 N–H and O–H groups in total. The average Bonchev–Trinajstić information content (AvgIpc) is 2.64. The summed E-state index contributed by atoms with van der Waals surface area (Å²) in [5.41, 5.74) is 1.61. The van der Waals surface area contributed by atoms with Crippen LogP contribution in [-0.4, -0.2) is 19.3 Å². The Labute approximate surface area is 152 Å². The second kappa shape index (κ2) is 7.37. The molecular formula is C19H17N3O3S. The van der Waals surface area contributed by atoms with Crippen molar-refractivity contribution in [1.29, 1.82) is 0 Å². The van der Waals surface area contributed by atoms with Gasteiger partial charge in [-0.15, -0.1) is 0 Å². The minimum atomic E-state index is -3.71. The van der Waals surface area contributed by atoms with Gasteiger partial charge in [0.1, 0.15) is 5.82 Å². The highest BCUT2D eigenvalue weighted by Gasteiger charge is 2.14. The van der Waals surface area contributed by atoms with Gasteiger partial charge in [0.05, 0.1) is 4.90 Å². The van der Waals surface area contributed by atoms with Gasteiger partial charge in [-0.05, 0) is 48.9 Å². The lowest BCUT2D eigenvalue weighted by Crippen LogP contribution is -2.15. The highest BCUT2D eigenvalue weighted by Crippen LogP contribution is 2.18. The highest BCUT2D eigenvalue weighted by molar-refractivity contribution is 7.92. The number of hydrogen-bond donors (Lipinski definition) is 2. The Hall–Kier alpha value is -3.19. The van der Waals surface area contributed by atoms with Crippen molar-refractivity contribution in [3.05, 3.63) is 84.1 Å². The molecule has 0 aliphatic heterocycles. The van der Waals surface area contributed by atoms with E-state index in [0.29, 0.717) is 17.1 Å². The number of carbonyl (C=O) groups excluding carboxylic acids is 1. The number of nitrogens with one attached hydrogen (secondary N) is 2. The van der Waals surface area contributed by atoms with E-state index in [2.05, 4.69) is 15.0 Å². The molecule has 3 rings (SSSR count). The van der Waals surface area contributed by atoms with Gasteiger partial charge in [-0.3, -0.25) is 9.52 Å². The maximum absolute atomic E-state index is 12.4. The Morgan fingerprint density at radius 2 is 1.73 bits per heavy atom. The molecule has 1 aromatic heterocycles. The standard InChI is InChI=1S/C19H17N3O3S/c1-14-10-11-18(20-13-14)21-19(23)15-6-5-7-16(12-15)22-26(24,25)17-8-3-2-4-9-17/h2-13,22H,1H3,(H,20,21,23). The van der Waals surface area contributed by atoms with Gasteiger partial charge < -0.3 is 5.32 Å². The lowest BCUT2D eigenvalue weighted by molar-refractivity contribution is 0.102. The van der Waals surface area contributed by atoms with Gasteiger partial charge in [0, 0.05) is 17.4 Å². The zero-order valence-corrected chi connectivity index (χ0v) is 14.8. The van der Waals surface area contributed by atoms with E-state index in [4.69, 9.17) is 0 Å². The molecule has 0 fully saturated rings. The van der Waals surface area contributed by atoms with Crippen LogP contribution in [0.25, 0.3) is 0 Å². The number of carbonyl (C=O) groups is 1. The van der Waals surface area contributed by atoms with Crippen molar-refractivity contribution < 1.29 is 13.2 Å².